The lowest BCUT2D eigenvalue weighted by atomic mass is 10.2. The van der Waals surface area contributed by atoms with E-state index < -0.39 is 17.7 Å². The highest BCUT2D eigenvalue weighted by atomic mass is 35.5. The molecule has 0 saturated heterocycles. The quantitative estimate of drug-likeness (QED) is 0.718. The van der Waals surface area contributed by atoms with Crippen LogP contribution in [-0.2, 0) is 0 Å². The number of aromatic nitrogens is 1. The predicted molar refractivity (Wildman–Crippen MR) is 35.9 cm³/mol. The largest absolute Gasteiger partial charge is 0.506 e. The highest BCUT2D eigenvalue weighted by Gasteiger charge is 2.16. The minimum atomic E-state index is -2.77. The van der Waals surface area contributed by atoms with Crippen LogP contribution >= 0.6 is 11.6 Å². The zero-order chi connectivity index (χ0) is 8.43. The van der Waals surface area contributed by atoms with Gasteiger partial charge in [-0.2, -0.15) is 0 Å². The molecule has 0 fully saturated rings. The molecular formula is C6H4ClF2NO. The number of nitrogens with zero attached hydrogens (tertiary/aromatic N) is 1. The fourth-order valence-electron chi connectivity index (χ4n) is 0.651. The van der Waals surface area contributed by atoms with Crippen molar-refractivity contribution in [1.82, 2.24) is 4.98 Å². The van der Waals surface area contributed by atoms with Gasteiger partial charge in [0.25, 0.3) is 6.43 Å². The lowest BCUT2D eigenvalue weighted by Crippen LogP contribution is -1.87. The highest BCUT2D eigenvalue weighted by Crippen LogP contribution is 2.32. The molecule has 1 N–H and O–H groups in total. The van der Waals surface area contributed by atoms with Crippen molar-refractivity contribution in [2.24, 2.45) is 0 Å². The van der Waals surface area contributed by atoms with E-state index in [0.717, 1.165) is 12.4 Å². The normalized spacial score (nSPS) is 10.5. The Labute approximate surface area is 66.4 Å². The summed E-state index contributed by atoms with van der Waals surface area (Å²) >= 11 is 5.32. The Hall–Kier alpha value is -0.900. The summed E-state index contributed by atoms with van der Waals surface area (Å²) in [6.45, 7) is 0. The molecule has 0 atom stereocenters. The van der Waals surface area contributed by atoms with Crippen molar-refractivity contribution >= 4 is 11.6 Å². The minimum Gasteiger partial charge on any atom is -0.506 e. The van der Waals surface area contributed by atoms with Gasteiger partial charge in [-0.1, -0.05) is 11.6 Å². The van der Waals surface area contributed by atoms with Crippen LogP contribution in [-0.4, -0.2) is 10.1 Å². The number of pyridine rings is 1. The molecule has 0 aromatic carbocycles. The van der Waals surface area contributed by atoms with Gasteiger partial charge in [-0.25, -0.2) is 8.78 Å². The summed E-state index contributed by atoms with van der Waals surface area (Å²) in [7, 11) is 0. The van der Waals surface area contributed by atoms with E-state index >= 15 is 0 Å². The molecule has 0 spiro atoms. The van der Waals surface area contributed by atoms with E-state index in [9.17, 15) is 8.78 Å². The third-order valence-corrected chi connectivity index (χ3v) is 1.44. The molecule has 2 nitrogen and oxygen atoms in total. The van der Waals surface area contributed by atoms with E-state index in [4.69, 9.17) is 16.7 Å². The highest BCUT2D eigenvalue weighted by molar-refractivity contribution is 6.31. The molecule has 60 valence electrons. The molecule has 11 heavy (non-hydrogen) atoms. The predicted octanol–water partition coefficient (Wildman–Crippen LogP) is 2.38. The molecule has 0 aliphatic rings. The zero-order valence-electron chi connectivity index (χ0n) is 5.26. The third-order valence-electron chi connectivity index (χ3n) is 1.14. The van der Waals surface area contributed by atoms with Gasteiger partial charge in [0.1, 0.15) is 5.75 Å². The van der Waals surface area contributed by atoms with Gasteiger partial charge in [0.05, 0.1) is 16.8 Å². The summed E-state index contributed by atoms with van der Waals surface area (Å²) < 4.78 is 24.0. The van der Waals surface area contributed by atoms with Crippen molar-refractivity contribution < 1.29 is 13.9 Å². The summed E-state index contributed by atoms with van der Waals surface area (Å²) in [5.74, 6) is -0.576. The standard InChI is InChI=1S/C6H4ClF2NO/c7-3-1-10-2-4(11)5(3)6(8)9/h1-2,6,11H. The molecule has 0 amide bonds. The summed E-state index contributed by atoms with van der Waals surface area (Å²) in [6, 6.07) is 0. The van der Waals surface area contributed by atoms with Crippen LogP contribution in [0, 0.1) is 0 Å². The van der Waals surface area contributed by atoms with Gasteiger partial charge in [0.15, 0.2) is 0 Å². The van der Waals surface area contributed by atoms with Crippen LogP contribution in [0.2, 0.25) is 5.02 Å². The molecule has 0 bridgehead atoms. The Kier molecular flexibility index (Phi) is 2.24. The minimum absolute atomic E-state index is 0.222. The molecule has 1 rings (SSSR count). The zero-order valence-corrected chi connectivity index (χ0v) is 6.02. The third kappa shape index (κ3) is 1.57. The Balaban J connectivity index is 3.21. The number of halogens is 3. The summed E-state index contributed by atoms with van der Waals surface area (Å²) in [5.41, 5.74) is -0.568. The second-order valence-corrected chi connectivity index (χ2v) is 2.26. The number of hydrogen-bond donors (Lipinski definition) is 1. The maximum absolute atomic E-state index is 12.0. The van der Waals surface area contributed by atoms with Crippen LogP contribution in [0.1, 0.15) is 12.0 Å². The Morgan fingerprint density at radius 2 is 2.09 bits per heavy atom. The molecule has 0 aliphatic carbocycles. The van der Waals surface area contributed by atoms with Gasteiger partial charge >= 0.3 is 0 Å². The maximum Gasteiger partial charge on any atom is 0.268 e. The first-order chi connectivity index (χ1) is 5.13. The second-order valence-electron chi connectivity index (χ2n) is 1.85. The fraction of sp³-hybridized carbons (Fsp3) is 0.167. The maximum atomic E-state index is 12.0. The van der Waals surface area contributed by atoms with Gasteiger partial charge in [0.2, 0.25) is 0 Å². The molecule has 0 radical (unpaired) electrons. The monoisotopic (exact) mass is 179 g/mol. The lowest BCUT2D eigenvalue weighted by Gasteiger charge is -2.03. The van der Waals surface area contributed by atoms with E-state index in [1.165, 1.54) is 0 Å². The van der Waals surface area contributed by atoms with Crippen LogP contribution in [0.3, 0.4) is 0 Å². The van der Waals surface area contributed by atoms with Crippen LogP contribution in [0.25, 0.3) is 0 Å². The molecule has 5 heteroatoms. The van der Waals surface area contributed by atoms with Gasteiger partial charge in [-0.3, -0.25) is 4.98 Å². The Morgan fingerprint density at radius 1 is 1.45 bits per heavy atom. The van der Waals surface area contributed by atoms with Crippen molar-refractivity contribution in [3.63, 3.8) is 0 Å². The van der Waals surface area contributed by atoms with E-state index in [0.29, 0.717) is 0 Å². The van der Waals surface area contributed by atoms with Crippen molar-refractivity contribution in [2.45, 2.75) is 6.43 Å². The SMILES string of the molecule is Oc1cncc(Cl)c1C(F)F. The molecule has 1 heterocycles. The summed E-state index contributed by atoms with van der Waals surface area (Å²) in [5, 5.41) is 8.61. The van der Waals surface area contributed by atoms with Crippen LogP contribution in [0.4, 0.5) is 8.78 Å². The van der Waals surface area contributed by atoms with E-state index in [-0.39, 0.29) is 5.02 Å². The van der Waals surface area contributed by atoms with E-state index in [2.05, 4.69) is 4.98 Å². The molecule has 1 aromatic rings. The average Bonchev–Trinajstić information content (AvgIpc) is 1.85. The van der Waals surface area contributed by atoms with Crippen LogP contribution in [0.15, 0.2) is 12.4 Å². The summed E-state index contributed by atoms with van der Waals surface area (Å²) in [4.78, 5) is 3.41. The van der Waals surface area contributed by atoms with Gasteiger partial charge < -0.3 is 5.11 Å². The summed E-state index contributed by atoms with van der Waals surface area (Å²) in [6.07, 6.45) is -0.790. The first-order valence-electron chi connectivity index (χ1n) is 2.73. The van der Waals surface area contributed by atoms with Crippen molar-refractivity contribution in [3.8, 4) is 5.75 Å². The Morgan fingerprint density at radius 3 is 2.45 bits per heavy atom. The lowest BCUT2D eigenvalue weighted by molar-refractivity contribution is 0.147. The smallest absolute Gasteiger partial charge is 0.268 e. The first-order valence-corrected chi connectivity index (χ1v) is 3.11. The van der Waals surface area contributed by atoms with Crippen LogP contribution in [0.5, 0.6) is 5.75 Å². The molecule has 0 aliphatic heterocycles. The van der Waals surface area contributed by atoms with E-state index in [1.807, 2.05) is 0 Å². The Bertz CT molecular complexity index is 247. The van der Waals surface area contributed by atoms with Crippen molar-refractivity contribution in [2.75, 3.05) is 0 Å². The van der Waals surface area contributed by atoms with Crippen molar-refractivity contribution in [3.05, 3.63) is 23.0 Å². The van der Waals surface area contributed by atoms with Gasteiger partial charge in [-0.05, 0) is 0 Å². The molecule has 0 unspecified atom stereocenters. The number of alkyl halides is 2. The number of rotatable bonds is 1. The topological polar surface area (TPSA) is 33.1 Å². The first kappa shape index (κ1) is 8.20. The molecule has 1 aromatic heterocycles. The fourth-order valence-corrected chi connectivity index (χ4v) is 0.886. The van der Waals surface area contributed by atoms with Crippen molar-refractivity contribution in [1.29, 1.82) is 0 Å². The number of aromatic hydroxyl groups is 1. The van der Waals surface area contributed by atoms with Gasteiger partial charge in [-0.15, -0.1) is 0 Å². The van der Waals surface area contributed by atoms with Gasteiger partial charge in [0, 0.05) is 6.20 Å². The number of hydrogen-bond acceptors (Lipinski definition) is 2. The molecule has 0 saturated carbocycles. The molecular weight excluding hydrogens is 176 g/mol. The second kappa shape index (κ2) is 3.00. The van der Waals surface area contributed by atoms with Crippen LogP contribution < -0.4 is 0 Å². The average molecular weight is 180 g/mol. The van der Waals surface area contributed by atoms with E-state index in [1.54, 1.807) is 0 Å².